The van der Waals surface area contributed by atoms with Gasteiger partial charge in [-0.05, 0) is 18.1 Å². The molecule has 0 spiro atoms. The van der Waals surface area contributed by atoms with Crippen LogP contribution in [0, 0.1) is 11.8 Å². The first kappa shape index (κ1) is 16.4. The minimum atomic E-state index is -0.267. The van der Waals surface area contributed by atoms with Gasteiger partial charge in [-0.1, -0.05) is 31.2 Å². The number of fused-ring (bicyclic) bond motifs is 1. The number of para-hydroxylation sites is 1. The second-order valence-electron chi connectivity index (χ2n) is 6.79. The lowest BCUT2D eigenvalue weighted by atomic mass is 10.0. The van der Waals surface area contributed by atoms with Crippen molar-refractivity contribution in [1.29, 1.82) is 0 Å². The predicted octanol–water partition coefficient (Wildman–Crippen LogP) is 1.05. The van der Waals surface area contributed by atoms with Crippen LogP contribution in [0.1, 0.15) is 20.3 Å². The monoisotopic (exact) mass is 329 g/mol. The van der Waals surface area contributed by atoms with Crippen LogP contribution in [0.15, 0.2) is 24.3 Å². The van der Waals surface area contributed by atoms with E-state index >= 15 is 0 Å². The summed E-state index contributed by atoms with van der Waals surface area (Å²) in [6.45, 7) is 5.17. The maximum absolute atomic E-state index is 12.5. The molecule has 2 amide bonds. The molecule has 1 aromatic heterocycles. The number of nitrogens with zero attached hydrogens (tertiary/aromatic N) is 4. The van der Waals surface area contributed by atoms with Crippen molar-refractivity contribution in [2.24, 2.45) is 11.8 Å². The van der Waals surface area contributed by atoms with Crippen molar-refractivity contribution in [3.05, 3.63) is 24.3 Å². The van der Waals surface area contributed by atoms with Gasteiger partial charge in [0.1, 0.15) is 5.52 Å². The number of nitrogens with one attached hydrogen (secondary N) is 1. The maximum atomic E-state index is 12.5. The van der Waals surface area contributed by atoms with Crippen LogP contribution in [0.2, 0.25) is 0 Å². The van der Waals surface area contributed by atoms with Gasteiger partial charge >= 0.3 is 0 Å². The molecule has 1 aliphatic heterocycles. The molecule has 128 valence electrons. The van der Waals surface area contributed by atoms with E-state index in [1.165, 1.54) is 0 Å². The van der Waals surface area contributed by atoms with E-state index in [1.807, 2.05) is 28.9 Å². The largest absolute Gasteiger partial charge is 0.351 e. The highest BCUT2D eigenvalue weighted by atomic mass is 16.2. The summed E-state index contributed by atoms with van der Waals surface area (Å²) in [6, 6.07) is 7.70. The molecule has 1 aliphatic rings. The molecule has 0 aliphatic carbocycles. The van der Waals surface area contributed by atoms with Crippen LogP contribution in [0.25, 0.3) is 11.0 Å². The molecule has 2 heterocycles. The molecule has 24 heavy (non-hydrogen) atoms. The first-order chi connectivity index (χ1) is 11.5. The summed E-state index contributed by atoms with van der Waals surface area (Å²) in [7, 11) is 1.73. The molecule has 0 radical (unpaired) electrons. The van der Waals surface area contributed by atoms with Crippen molar-refractivity contribution < 1.29 is 9.59 Å². The molecule has 2 aromatic rings. The number of aromatic nitrogens is 3. The Bertz CT molecular complexity index is 754. The number of carbonyl (C=O) groups excluding carboxylic acids is 2. The lowest BCUT2D eigenvalue weighted by molar-refractivity contribution is -0.128. The third kappa shape index (κ3) is 3.25. The highest BCUT2D eigenvalue weighted by Crippen LogP contribution is 2.18. The van der Waals surface area contributed by atoms with E-state index in [2.05, 4.69) is 29.5 Å². The molecule has 7 heteroatoms. The Labute approximate surface area is 141 Å². The first-order valence-electron chi connectivity index (χ1n) is 8.28. The van der Waals surface area contributed by atoms with Crippen LogP contribution in [0.4, 0.5) is 0 Å². The lowest BCUT2D eigenvalue weighted by Crippen LogP contribution is -2.44. The molecular weight excluding hydrogens is 306 g/mol. The summed E-state index contributed by atoms with van der Waals surface area (Å²) in [5.41, 5.74) is 1.79. The van der Waals surface area contributed by atoms with Crippen LogP contribution >= 0.6 is 0 Å². The topological polar surface area (TPSA) is 80.1 Å². The SMILES string of the molecule is CC(C)[C@@H](Cn1nnc2ccccc21)NC(=O)[C@H]1CC(=O)N(C)C1. The fraction of sp³-hybridized carbons (Fsp3) is 0.529. The molecule has 1 saturated heterocycles. The molecule has 0 unspecified atom stereocenters. The fourth-order valence-corrected chi connectivity index (χ4v) is 3.00. The first-order valence-corrected chi connectivity index (χ1v) is 8.28. The minimum Gasteiger partial charge on any atom is -0.351 e. The minimum absolute atomic E-state index is 0.0264. The molecule has 2 atom stereocenters. The molecule has 0 saturated carbocycles. The van der Waals surface area contributed by atoms with Gasteiger partial charge in [-0.25, -0.2) is 4.68 Å². The van der Waals surface area contributed by atoms with Gasteiger partial charge in [0.2, 0.25) is 11.8 Å². The average molecular weight is 329 g/mol. The smallest absolute Gasteiger partial charge is 0.225 e. The Balaban J connectivity index is 1.71. The molecule has 7 nitrogen and oxygen atoms in total. The van der Waals surface area contributed by atoms with Crippen LogP contribution in [0.5, 0.6) is 0 Å². The number of carbonyl (C=O) groups is 2. The number of hydrogen-bond donors (Lipinski definition) is 1. The Hall–Kier alpha value is -2.44. The van der Waals surface area contributed by atoms with E-state index in [0.717, 1.165) is 11.0 Å². The average Bonchev–Trinajstić information content (AvgIpc) is 3.11. The van der Waals surface area contributed by atoms with Crippen molar-refractivity contribution >= 4 is 22.8 Å². The quantitative estimate of drug-likeness (QED) is 0.889. The van der Waals surface area contributed by atoms with Crippen molar-refractivity contribution in [3.63, 3.8) is 0 Å². The second kappa shape index (κ2) is 6.59. The summed E-state index contributed by atoms with van der Waals surface area (Å²) in [4.78, 5) is 25.8. The van der Waals surface area contributed by atoms with Crippen LogP contribution < -0.4 is 5.32 Å². The van der Waals surface area contributed by atoms with Crippen LogP contribution in [0.3, 0.4) is 0 Å². The van der Waals surface area contributed by atoms with E-state index in [-0.39, 0.29) is 29.7 Å². The predicted molar refractivity (Wildman–Crippen MR) is 90.0 cm³/mol. The van der Waals surface area contributed by atoms with E-state index < -0.39 is 0 Å². The summed E-state index contributed by atoms with van der Waals surface area (Å²) >= 11 is 0. The zero-order chi connectivity index (χ0) is 17.3. The lowest BCUT2D eigenvalue weighted by Gasteiger charge is -2.24. The highest BCUT2D eigenvalue weighted by molar-refractivity contribution is 5.89. The molecular formula is C17H23N5O2. The maximum Gasteiger partial charge on any atom is 0.225 e. The Kier molecular flexibility index (Phi) is 4.51. The van der Waals surface area contributed by atoms with Gasteiger partial charge in [0.25, 0.3) is 0 Å². The number of hydrogen-bond acceptors (Lipinski definition) is 4. The fourth-order valence-electron chi connectivity index (χ4n) is 3.00. The van der Waals surface area contributed by atoms with E-state index in [1.54, 1.807) is 11.9 Å². The summed E-state index contributed by atoms with van der Waals surface area (Å²) in [5, 5.41) is 11.5. The van der Waals surface area contributed by atoms with Gasteiger partial charge in [-0.15, -0.1) is 5.10 Å². The number of amides is 2. The highest BCUT2D eigenvalue weighted by Gasteiger charge is 2.33. The molecule has 1 fully saturated rings. The van der Waals surface area contributed by atoms with Crippen molar-refractivity contribution in [2.45, 2.75) is 32.9 Å². The Morgan fingerprint density at radius 3 is 2.79 bits per heavy atom. The Morgan fingerprint density at radius 2 is 2.12 bits per heavy atom. The van der Waals surface area contributed by atoms with Gasteiger partial charge in [-0.2, -0.15) is 0 Å². The summed E-state index contributed by atoms with van der Waals surface area (Å²) in [5.74, 6) is -0.0580. The van der Waals surface area contributed by atoms with E-state index in [0.29, 0.717) is 19.5 Å². The summed E-state index contributed by atoms with van der Waals surface area (Å²) in [6.07, 6.45) is 0.291. The number of rotatable bonds is 5. The van der Waals surface area contributed by atoms with Crippen molar-refractivity contribution in [1.82, 2.24) is 25.2 Å². The van der Waals surface area contributed by atoms with Gasteiger partial charge in [0, 0.05) is 20.0 Å². The van der Waals surface area contributed by atoms with Crippen molar-refractivity contribution in [3.8, 4) is 0 Å². The Morgan fingerprint density at radius 1 is 1.38 bits per heavy atom. The number of benzene rings is 1. The van der Waals surface area contributed by atoms with E-state index in [9.17, 15) is 9.59 Å². The van der Waals surface area contributed by atoms with Gasteiger partial charge in [0.15, 0.2) is 0 Å². The summed E-state index contributed by atoms with van der Waals surface area (Å²) < 4.78 is 1.83. The van der Waals surface area contributed by atoms with Crippen LogP contribution in [-0.2, 0) is 16.1 Å². The van der Waals surface area contributed by atoms with E-state index in [4.69, 9.17) is 0 Å². The van der Waals surface area contributed by atoms with Gasteiger partial charge in [0.05, 0.1) is 24.0 Å². The molecule has 1 N–H and O–H groups in total. The second-order valence-corrected chi connectivity index (χ2v) is 6.79. The van der Waals surface area contributed by atoms with Gasteiger partial charge < -0.3 is 10.2 Å². The normalized spacial score (nSPS) is 19.2. The zero-order valence-electron chi connectivity index (χ0n) is 14.3. The zero-order valence-corrected chi connectivity index (χ0v) is 14.3. The third-order valence-corrected chi connectivity index (χ3v) is 4.63. The molecule has 3 rings (SSSR count). The van der Waals surface area contributed by atoms with Gasteiger partial charge in [-0.3, -0.25) is 9.59 Å². The standard InChI is InChI=1S/C17H23N5O2/c1-11(2)14(18-17(24)12-8-16(23)21(3)9-12)10-22-15-7-5-4-6-13(15)19-20-22/h4-7,11-12,14H,8-10H2,1-3H3,(H,18,24)/t12-,14+/m0/s1. The van der Waals surface area contributed by atoms with Crippen molar-refractivity contribution in [2.75, 3.05) is 13.6 Å². The third-order valence-electron chi connectivity index (χ3n) is 4.63. The molecule has 1 aromatic carbocycles. The molecule has 0 bridgehead atoms. The number of likely N-dealkylation sites (tertiary alicyclic amines) is 1. The van der Waals surface area contributed by atoms with Crippen LogP contribution in [-0.4, -0.2) is 51.3 Å².